The third kappa shape index (κ3) is 4.26. The van der Waals surface area contributed by atoms with Crippen LogP contribution in [0.1, 0.15) is 17.3 Å². The van der Waals surface area contributed by atoms with Crippen LogP contribution < -0.4 is 19.7 Å². The lowest BCUT2D eigenvalue weighted by atomic mass is 10.2. The van der Waals surface area contributed by atoms with E-state index in [9.17, 15) is 9.59 Å². The topological polar surface area (TPSA) is 67.9 Å². The maximum Gasteiger partial charge on any atom is 0.251 e. The lowest BCUT2D eigenvalue weighted by Gasteiger charge is -2.24. The average Bonchev–Trinajstić information content (AvgIpc) is 2.64. The number of hydrogen-bond donors (Lipinski definition) is 1. The highest BCUT2D eigenvalue weighted by Crippen LogP contribution is 2.33. The van der Waals surface area contributed by atoms with E-state index in [0.717, 1.165) is 0 Å². The summed E-state index contributed by atoms with van der Waals surface area (Å²) in [7, 11) is 0. The van der Waals surface area contributed by atoms with Crippen LogP contribution in [0.3, 0.4) is 0 Å². The second-order valence-electron chi connectivity index (χ2n) is 5.76. The lowest BCUT2D eigenvalue weighted by molar-refractivity contribution is -0.116. The van der Waals surface area contributed by atoms with E-state index in [-0.39, 0.29) is 11.8 Å². The largest absolute Gasteiger partial charge is 0.486 e. The molecule has 1 aliphatic heterocycles. The molecule has 1 aliphatic rings. The van der Waals surface area contributed by atoms with E-state index >= 15 is 0 Å². The third-order valence-electron chi connectivity index (χ3n) is 3.93. The molecule has 3 rings (SSSR count). The normalized spacial score (nSPS) is 12.4. The molecule has 2 aromatic rings. The molecule has 136 valence electrons. The van der Waals surface area contributed by atoms with E-state index in [1.165, 1.54) is 6.92 Å². The first kappa shape index (κ1) is 18.1. The highest BCUT2D eigenvalue weighted by atomic mass is 35.5. The van der Waals surface area contributed by atoms with E-state index in [1.54, 1.807) is 47.4 Å². The van der Waals surface area contributed by atoms with Crippen molar-refractivity contribution in [1.82, 2.24) is 5.32 Å². The number of ether oxygens (including phenoxy) is 2. The Morgan fingerprint density at radius 1 is 1.12 bits per heavy atom. The Kier molecular flexibility index (Phi) is 5.63. The summed E-state index contributed by atoms with van der Waals surface area (Å²) in [5.41, 5.74) is 1.17. The van der Waals surface area contributed by atoms with E-state index in [0.29, 0.717) is 54.1 Å². The molecule has 1 N–H and O–H groups in total. The fourth-order valence-corrected chi connectivity index (χ4v) is 2.87. The molecule has 2 aromatic carbocycles. The smallest absolute Gasteiger partial charge is 0.251 e. The zero-order valence-electron chi connectivity index (χ0n) is 14.3. The minimum atomic E-state index is -0.238. The molecule has 0 aromatic heterocycles. The second-order valence-corrected chi connectivity index (χ2v) is 6.20. The number of rotatable bonds is 5. The minimum absolute atomic E-state index is 0.126. The number of fused-ring (bicyclic) bond motifs is 1. The average molecular weight is 375 g/mol. The van der Waals surface area contributed by atoms with Gasteiger partial charge in [0.1, 0.15) is 13.2 Å². The Morgan fingerprint density at radius 2 is 1.88 bits per heavy atom. The van der Waals surface area contributed by atoms with Gasteiger partial charge in [-0.25, -0.2) is 0 Å². The Hall–Kier alpha value is -2.73. The molecule has 0 saturated heterocycles. The summed E-state index contributed by atoms with van der Waals surface area (Å²) in [5, 5.41) is 3.30. The summed E-state index contributed by atoms with van der Waals surface area (Å²) < 4.78 is 11.1. The molecule has 0 unspecified atom stereocenters. The van der Waals surface area contributed by atoms with E-state index in [4.69, 9.17) is 21.1 Å². The van der Waals surface area contributed by atoms with Crippen LogP contribution in [0.15, 0.2) is 42.5 Å². The van der Waals surface area contributed by atoms with Gasteiger partial charge in [0.2, 0.25) is 5.91 Å². The molecular weight excluding hydrogens is 356 g/mol. The maximum atomic E-state index is 12.2. The van der Waals surface area contributed by atoms with Crippen LogP contribution in [-0.4, -0.2) is 38.1 Å². The first-order valence-electron chi connectivity index (χ1n) is 8.26. The molecule has 2 amide bonds. The number of amides is 2. The van der Waals surface area contributed by atoms with Crippen LogP contribution in [0.25, 0.3) is 0 Å². The summed E-state index contributed by atoms with van der Waals surface area (Å²) in [5.74, 6) is 0.914. The molecule has 0 aliphatic carbocycles. The number of hydrogen-bond acceptors (Lipinski definition) is 4. The summed E-state index contributed by atoms with van der Waals surface area (Å²) in [6.45, 7) is 3.11. The van der Waals surface area contributed by atoms with Gasteiger partial charge >= 0.3 is 0 Å². The van der Waals surface area contributed by atoms with E-state index < -0.39 is 0 Å². The molecule has 0 radical (unpaired) electrons. The van der Waals surface area contributed by atoms with Gasteiger partial charge in [-0.3, -0.25) is 9.59 Å². The van der Waals surface area contributed by atoms with Gasteiger partial charge in [-0.1, -0.05) is 17.7 Å². The van der Waals surface area contributed by atoms with E-state index in [1.807, 2.05) is 0 Å². The number of halogens is 1. The number of carbonyl (C=O) groups excluding carboxylic acids is 2. The van der Waals surface area contributed by atoms with Crippen LogP contribution in [0, 0.1) is 0 Å². The predicted molar refractivity (Wildman–Crippen MR) is 99.2 cm³/mol. The first-order chi connectivity index (χ1) is 12.5. The number of nitrogens with zero attached hydrogens (tertiary/aromatic N) is 1. The number of nitrogens with one attached hydrogen (secondary N) is 1. The highest BCUT2D eigenvalue weighted by Gasteiger charge is 2.17. The Morgan fingerprint density at radius 3 is 2.62 bits per heavy atom. The van der Waals surface area contributed by atoms with Gasteiger partial charge in [0.05, 0.1) is 0 Å². The maximum absolute atomic E-state index is 12.2. The van der Waals surface area contributed by atoms with Gasteiger partial charge in [-0.05, 0) is 30.3 Å². The summed E-state index contributed by atoms with van der Waals surface area (Å²) >= 11 is 5.90. The Bertz CT molecular complexity index is 825. The van der Waals surface area contributed by atoms with Crippen molar-refractivity contribution in [2.75, 3.05) is 31.2 Å². The molecular formula is C19H19ClN2O4. The van der Waals surface area contributed by atoms with Crippen molar-refractivity contribution in [3.05, 3.63) is 53.1 Å². The van der Waals surface area contributed by atoms with Crippen LogP contribution in [0.2, 0.25) is 5.02 Å². The molecule has 7 heteroatoms. The van der Waals surface area contributed by atoms with Gasteiger partial charge in [0.15, 0.2) is 11.5 Å². The van der Waals surface area contributed by atoms with Crippen molar-refractivity contribution < 1.29 is 19.1 Å². The first-order valence-corrected chi connectivity index (χ1v) is 8.64. The zero-order chi connectivity index (χ0) is 18.5. The summed E-state index contributed by atoms with van der Waals surface area (Å²) in [4.78, 5) is 25.8. The van der Waals surface area contributed by atoms with Crippen LogP contribution in [-0.2, 0) is 4.79 Å². The predicted octanol–water partition coefficient (Wildman–Crippen LogP) is 2.89. The summed E-state index contributed by atoms with van der Waals surface area (Å²) in [6.07, 6.45) is 0. The molecule has 26 heavy (non-hydrogen) atoms. The van der Waals surface area contributed by atoms with Crippen LogP contribution >= 0.6 is 11.6 Å². The molecule has 0 atom stereocenters. The standard InChI is InChI=1S/C19H19ClN2O4/c1-13(23)22(16-5-6-17-18(12-16)26-10-9-25-17)8-7-21-19(24)14-3-2-4-15(20)11-14/h2-6,11-12H,7-10H2,1H3,(H,21,24). The van der Waals surface area contributed by atoms with Crippen molar-refractivity contribution >= 4 is 29.1 Å². The van der Waals surface area contributed by atoms with Gasteiger partial charge in [-0.15, -0.1) is 0 Å². The molecule has 0 spiro atoms. The minimum Gasteiger partial charge on any atom is -0.486 e. The molecule has 0 bridgehead atoms. The van der Waals surface area contributed by atoms with Crippen molar-refractivity contribution in [2.24, 2.45) is 0 Å². The van der Waals surface area contributed by atoms with Gasteiger partial charge in [0.25, 0.3) is 5.91 Å². The van der Waals surface area contributed by atoms with Gasteiger partial charge in [0, 0.05) is 42.4 Å². The van der Waals surface area contributed by atoms with Crippen LogP contribution in [0.4, 0.5) is 5.69 Å². The number of anilines is 1. The number of benzene rings is 2. The second kappa shape index (κ2) is 8.10. The monoisotopic (exact) mass is 374 g/mol. The molecule has 0 fully saturated rings. The van der Waals surface area contributed by atoms with Crippen molar-refractivity contribution in [1.29, 1.82) is 0 Å². The van der Waals surface area contributed by atoms with Gasteiger partial charge in [-0.2, -0.15) is 0 Å². The highest BCUT2D eigenvalue weighted by molar-refractivity contribution is 6.30. The Labute approximate surface area is 156 Å². The van der Waals surface area contributed by atoms with Gasteiger partial charge < -0.3 is 19.7 Å². The fraction of sp³-hybridized carbons (Fsp3) is 0.263. The lowest BCUT2D eigenvalue weighted by Crippen LogP contribution is -2.37. The molecule has 6 nitrogen and oxygen atoms in total. The SMILES string of the molecule is CC(=O)N(CCNC(=O)c1cccc(Cl)c1)c1ccc2c(c1)OCCO2. The zero-order valence-corrected chi connectivity index (χ0v) is 15.1. The van der Waals surface area contributed by atoms with Crippen molar-refractivity contribution in [2.45, 2.75) is 6.92 Å². The van der Waals surface area contributed by atoms with Crippen molar-refractivity contribution in [3.8, 4) is 11.5 Å². The summed E-state index contributed by atoms with van der Waals surface area (Å²) in [6, 6.07) is 12.1. The molecule has 0 saturated carbocycles. The van der Waals surface area contributed by atoms with E-state index in [2.05, 4.69) is 5.32 Å². The third-order valence-corrected chi connectivity index (χ3v) is 4.16. The van der Waals surface area contributed by atoms with Crippen molar-refractivity contribution in [3.63, 3.8) is 0 Å². The Balaban J connectivity index is 1.64. The number of carbonyl (C=O) groups is 2. The molecule has 1 heterocycles. The quantitative estimate of drug-likeness (QED) is 0.873. The fourth-order valence-electron chi connectivity index (χ4n) is 2.68. The van der Waals surface area contributed by atoms with Crippen LogP contribution in [0.5, 0.6) is 11.5 Å².